The molecular weight excluding hydrogens is 300 g/mol. The van der Waals surface area contributed by atoms with Crippen LogP contribution in [0, 0.1) is 0 Å². The fraction of sp³-hybridized carbons (Fsp3) is 0.438. The summed E-state index contributed by atoms with van der Waals surface area (Å²) in [4.78, 5) is 11.7. The largest absolute Gasteiger partial charge is 0.353 e. The molecule has 22 heavy (non-hydrogen) atoms. The molecule has 0 saturated heterocycles. The zero-order valence-corrected chi connectivity index (χ0v) is 13.3. The topological polar surface area (TPSA) is 75.3 Å². The van der Waals surface area contributed by atoms with Crippen molar-refractivity contribution in [1.82, 2.24) is 10.0 Å². The number of amides is 1. The highest BCUT2D eigenvalue weighted by Gasteiger charge is 2.17. The van der Waals surface area contributed by atoms with Gasteiger partial charge in [0, 0.05) is 24.4 Å². The highest BCUT2D eigenvalue weighted by Crippen LogP contribution is 2.17. The first-order valence-corrected chi connectivity index (χ1v) is 9.12. The molecule has 120 valence electrons. The van der Waals surface area contributed by atoms with E-state index < -0.39 is 10.0 Å². The summed E-state index contributed by atoms with van der Waals surface area (Å²) in [6.45, 7) is 0.111. The average molecular weight is 322 g/mol. The summed E-state index contributed by atoms with van der Waals surface area (Å²) < 4.78 is 26.0. The molecule has 6 heteroatoms. The maximum absolute atomic E-state index is 11.8. The van der Waals surface area contributed by atoms with Gasteiger partial charge in [-0.15, -0.1) is 0 Å². The fourth-order valence-electron chi connectivity index (χ4n) is 2.46. The Balaban J connectivity index is 1.73. The third-order valence-electron chi connectivity index (χ3n) is 3.61. The van der Waals surface area contributed by atoms with Crippen LogP contribution in [0.2, 0.25) is 0 Å². The lowest BCUT2D eigenvalue weighted by Crippen LogP contribution is -2.35. The van der Waals surface area contributed by atoms with E-state index >= 15 is 0 Å². The van der Waals surface area contributed by atoms with Crippen LogP contribution in [0.4, 0.5) is 0 Å². The number of hydrogen-bond donors (Lipinski definition) is 2. The molecule has 1 aliphatic rings. The predicted octanol–water partition coefficient (Wildman–Crippen LogP) is 2.03. The van der Waals surface area contributed by atoms with Crippen molar-refractivity contribution in [3.63, 3.8) is 0 Å². The second-order valence-electron chi connectivity index (χ2n) is 5.45. The summed E-state index contributed by atoms with van der Waals surface area (Å²) in [5.74, 6) is -0.0957. The van der Waals surface area contributed by atoms with Gasteiger partial charge in [-0.05, 0) is 24.5 Å². The van der Waals surface area contributed by atoms with Gasteiger partial charge in [-0.1, -0.05) is 43.2 Å². The van der Waals surface area contributed by atoms with E-state index in [0.29, 0.717) is 0 Å². The van der Waals surface area contributed by atoms with Gasteiger partial charge in [-0.25, -0.2) is 13.1 Å². The van der Waals surface area contributed by atoms with E-state index in [2.05, 4.69) is 10.0 Å². The standard InChI is InChI=1S/C16H22N2O3S/c19-16(18-15-8-4-5-9-15)10-12-17-22(20,21)13-11-14-6-2-1-3-7-14/h1-3,6-7,11,13,15,17H,4-5,8-10,12H2,(H,18,19)/b13-11+. The normalized spacial score (nSPS) is 16.2. The number of hydrogen-bond acceptors (Lipinski definition) is 3. The molecule has 0 atom stereocenters. The minimum Gasteiger partial charge on any atom is -0.353 e. The van der Waals surface area contributed by atoms with Gasteiger partial charge in [0.05, 0.1) is 0 Å². The molecule has 0 bridgehead atoms. The molecule has 1 saturated carbocycles. The first-order valence-electron chi connectivity index (χ1n) is 7.57. The molecule has 1 aromatic carbocycles. The van der Waals surface area contributed by atoms with E-state index in [1.54, 1.807) is 0 Å². The average Bonchev–Trinajstić information content (AvgIpc) is 2.99. The van der Waals surface area contributed by atoms with Crippen LogP contribution in [0.3, 0.4) is 0 Å². The molecule has 2 N–H and O–H groups in total. The maximum Gasteiger partial charge on any atom is 0.233 e. The lowest BCUT2D eigenvalue weighted by Gasteiger charge is -2.11. The predicted molar refractivity (Wildman–Crippen MR) is 87.4 cm³/mol. The van der Waals surface area contributed by atoms with Crippen molar-refractivity contribution in [1.29, 1.82) is 0 Å². The fourth-order valence-corrected chi connectivity index (χ4v) is 3.28. The van der Waals surface area contributed by atoms with Crippen LogP contribution in [0.1, 0.15) is 37.7 Å². The van der Waals surface area contributed by atoms with Crippen LogP contribution >= 0.6 is 0 Å². The summed E-state index contributed by atoms with van der Waals surface area (Å²) in [7, 11) is -3.51. The van der Waals surface area contributed by atoms with Gasteiger partial charge in [-0.3, -0.25) is 4.79 Å². The minimum atomic E-state index is -3.51. The Morgan fingerprint density at radius 2 is 1.86 bits per heavy atom. The quantitative estimate of drug-likeness (QED) is 0.806. The Hall–Kier alpha value is -1.66. The van der Waals surface area contributed by atoms with E-state index in [4.69, 9.17) is 0 Å². The molecule has 0 spiro atoms. The van der Waals surface area contributed by atoms with Crippen LogP contribution in [0.25, 0.3) is 6.08 Å². The van der Waals surface area contributed by atoms with Gasteiger partial charge >= 0.3 is 0 Å². The summed E-state index contributed by atoms with van der Waals surface area (Å²) in [6, 6.07) is 9.46. The number of sulfonamides is 1. The Morgan fingerprint density at radius 1 is 1.18 bits per heavy atom. The van der Waals surface area contributed by atoms with Gasteiger partial charge in [0.15, 0.2) is 0 Å². The first kappa shape index (κ1) is 16.7. The van der Waals surface area contributed by atoms with Gasteiger partial charge in [-0.2, -0.15) is 0 Å². The summed E-state index contributed by atoms with van der Waals surface area (Å²) in [5, 5.41) is 4.05. The highest BCUT2D eigenvalue weighted by molar-refractivity contribution is 7.92. The molecule has 1 aliphatic carbocycles. The Morgan fingerprint density at radius 3 is 2.55 bits per heavy atom. The summed E-state index contributed by atoms with van der Waals surface area (Å²) in [5.41, 5.74) is 0.812. The third-order valence-corrected chi connectivity index (χ3v) is 4.72. The first-order chi connectivity index (χ1) is 10.6. The van der Waals surface area contributed by atoms with Crippen molar-refractivity contribution in [3.8, 4) is 0 Å². The van der Waals surface area contributed by atoms with Crippen LogP contribution in [-0.2, 0) is 14.8 Å². The molecule has 5 nitrogen and oxygen atoms in total. The van der Waals surface area contributed by atoms with Crippen LogP contribution < -0.4 is 10.0 Å². The van der Waals surface area contributed by atoms with E-state index in [9.17, 15) is 13.2 Å². The molecule has 0 aliphatic heterocycles. The smallest absolute Gasteiger partial charge is 0.233 e. The van der Waals surface area contributed by atoms with Gasteiger partial charge in [0.1, 0.15) is 0 Å². The molecule has 0 unspecified atom stereocenters. The third kappa shape index (κ3) is 5.99. The van der Waals surface area contributed by atoms with Crippen molar-refractivity contribution in [2.45, 2.75) is 38.1 Å². The zero-order chi connectivity index (χ0) is 15.8. The van der Waals surface area contributed by atoms with Crippen molar-refractivity contribution < 1.29 is 13.2 Å². The molecule has 1 fully saturated rings. The van der Waals surface area contributed by atoms with E-state index in [0.717, 1.165) is 36.7 Å². The van der Waals surface area contributed by atoms with Crippen molar-refractivity contribution >= 4 is 22.0 Å². The van der Waals surface area contributed by atoms with E-state index in [-0.39, 0.29) is 24.9 Å². The van der Waals surface area contributed by atoms with Gasteiger partial charge < -0.3 is 5.32 Å². The number of carbonyl (C=O) groups excluding carboxylic acids is 1. The highest BCUT2D eigenvalue weighted by atomic mass is 32.2. The second kappa shape index (κ2) is 8.10. The summed E-state index contributed by atoms with van der Waals surface area (Å²) >= 11 is 0. The number of nitrogens with one attached hydrogen (secondary N) is 2. The minimum absolute atomic E-state index is 0.0957. The number of benzene rings is 1. The molecule has 0 heterocycles. The van der Waals surface area contributed by atoms with Gasteiger partial charge in [0.25, 0.3) is 0 Å². The van der Waals surface area contributed by atoms with E-state index in [1.165, 1.54) is 6.08 Å². The van der Waals surface area contributed by atoms with Gasteiger partial charge in [0.2, 0.25) is 15.9 Å². The Bertz CT molecular complexity index is 606. The molecule has 1 aromatic rings. The van der Waals surface area contributed by atoms with Crippen LogP contribution in [0.5, 0.6) is 0 Å². The zero-order valence-electron chi connectivity index (χ0n) is 12.5. The molecule has 2 rings (SSSR count). The molecule has 0 aromatic heterocycles. The molecule has 1 amide bonds. The SMILES string of the molecule is O=C(CCNS(=O)(=O)/C=C/c1ccccc1)NC1CCCC1. The van der Waals surface area contributed by atoms with Crippen molar-refractivity contribution in [3.05, 3.63) is 41.3 Å². The molecule has 0 radical (unpaired) electrons. The lowest BCUT2D eigenvalue weighted by molar-refractivity contribution is -0.121. The Labute approximate surface area is 131 Å². The van der Waals surface area contributed by atoms with Crippen LogP contribution in [0.15, 0.2) is 35.7 Å². The molecular formula is C16H22N2O3S. The maximum atomic E-state index is 11.8. The Kier molecular flexibility index (Phi) is 6.15. The van der Waals surface area contributed by atoms with Crippen molar-refractivity contribution in [2.75, 3.05) is 6.54 Å². The number of rotatable bonds is 7. The number of carbonyl (C=O) groups is 1. The second-order valence-corrected chi connectivity index (χ2v) is 7.10. The van der Waals surface area contributed by atoms with E-state index in [1.807, 2.05) is 30.3 Å². The van der Waals surface area contributed by atoms with Crippen molar-refractivity contribution in [2.24, 2.45) is 0 Å². The monoisotopic (exact) mass is 322 g/mol. The summed E-state index contributed by atoms with van der Waals surface area (Å²) in [6.07, 6.45) is 6.05. The van der Waals surface area contributed by atoms with Crippen LogP contribution in [-0.4, -0.2) is 26.9 Å². The lowest BCUT2D eigenvalue weighted by atomic mass is 10.2.